The summed E-state index contributed by atoms with van der Waals surface area (Å²) in [6, 6.07) is 50.5. The molecule has 10 rings (SSSR count). The molecule has 0 atom stereocenters. The molecule has 3 nitrogen and oxygen atoms in total. The van der Waals surface area contributed by atoms with Gasteiger partial charge in [-0.15, -0.1) is 11.3 Å². The van der Waals surface area contributed by atoms with E-state index in [2.05, 4.69) is 151 Å². The van der Waals surface area contributed by atoms with E-state index in [1.54, 1.807) is 0 Å². The molecule has 3 aromatic heterocycles. The fourth-order valence-electron chi connectivity index (χ4n) is 7.82. The maximum absolute atomic E-state index is 5.33. The molecule has 5 heteroatoms. The number of fused-ring (bicyclic) bond motifs is 10. The molecule has 0 saturated heterocycles. The zero-order chi connectivity index (χ0) is 31.3. The average molecular weight is 636 g/mol. The van der Waals surface area contributed by atoms with E-state index in [1.807, 2.05) is 17.4 Å². The Balaban J connectivity index is 1.19. The van der Waals surface area contributed by atoms with E-state index in [-0.39, 0.29) is 0 Å². The highest BCUT2D eigenvalue weighted by atomic mass is 32.1. The molecule has 47 heavy (non-hydrogen) atoms. The summed E-state index contributed by atoms with van der Waals surface area (Å²) in [7, 11) is -2.04. The van der Waals surface area contributed by atoms with Gasteiger partial charge in [-0.05, 0) is 46.3 Å². The van der Waals surface area contributed by atoms with Crippen LogP contribution in [0.5, 0.6) is 0 Å². The highest BCUT2D eigenvalue weighted by Crippen LogP contribution is 2.43. The normalized spacial score (nSPS) is 13.5. The van der Waals surface area contributed by atoms with Crippen LogP contribution in [0.4, 0.5) is 0 Å². The summed E-state index contributed by atoms with van der Waals surface area (Å²) < 4.78 is 5.11. The largest absolute Gasteiger partial charge is 0.309 e. The van der Waals surface area contributed by atoms with Crippen LogP contribution in [0.25, 0.3) is 81.6 Å². The van der Waals surface area contributed by atoms with Gasteiger partial charge in [-0.25, -0.2) is 9.97 Å². The number of rotatable bonds is 3. The second-order valence-corrected chi connectivity index (χ2v) is 18.3. The van der Waals surface area contributed by atoms with Crippen molar-refractivity contribution in [2.75, 3.05) is 0 Å². The van der Waals surface area contributed by atoms with Crippen molar-refractivity contribution in [2.45, 2.75) is 13.1 Å². The van der Waals surface area contributed by atoms with E-state index in [1.165, 1.54) is 57.9 Å². The van der Waals surface area contributed by atoms with Gasteiger partial charge in [0.1, 0.15) is 8.07 Å². The van der Waals surface area contributed by atoms with Crippen molar-refractivity contribution in [3.05, 3.63) is 140 Å². The number of aromatic nitrogens is 3. The van der Waals surface area contributed by atoms with E-state index in [0.29, 0.717) is 0 Å². The van der Waals surface area contributed by atoms with Crippen molar-refractivity contribution in [1.82, 2.24) is 14.5 Å². The summed E-state index contributed by atoms with van der Waals surface area (Å²) in [5.41, 5.74) is 9.18. The van der Waals surface area contributed by atoms with Crippen molar-refractivity contribution in [3.8, 4) is 39.6 Å². The van der Waals surface area contributed by atoms with Crippen LogP contribution in [0.2, 0.25) is 13.1 Å². The predicted molar refractivity (Wildman–Crippen MR) is 202 cm³/mol. The highest BCUT2D eigenvalue weighted by Gasteiger charge is 2.41. The van der Waals surface area contributed by atoms with Gasteiger partial charge < -0.3 is 4.57 Å². The maximum atomic E-state index is 5.33. The van der Waals surface area contributed by atoms with E-state index >= 15 is 0 Å². The SMILES string of the molecule is C[Si]1(C)c2ccccc2-c2nc(-c3ccccc3)nc(-c3ccc(-n4c5ccccc5c5c6sc7ccccc7c6ccc54)cc3)c21. The first kappa shape index (κ1) is 26.8. The first-order valence-electron chi connectivity index (χ1n) is 16.1. The molecule has 1 aliphatic heterocycles. The summed E-state index contributed by atoms with van der Waals surface area (Å²) in [5, 5.41) is 8.04. The molecule has 6 aromatic carbocycles. The van der Waals surface area contributed by atoms with Crippen LogP contribution < -0.4 is 10.4 Å². The van der Waals surface area contributed by atoms with Crippen molar-refractivity contribution in [3.63, 3.8) is 0 Å². The van der Waals surface area contributed by atoms with Crippen molar-refractivity contribution >= 4 is 71.8 Å². The van der Waals surface area contributed by atoms with Gasteiger partial charge in [-0.3, -0.25) is 0 Å². The third kappa shape index (κ3) is 3.78. The van der Waals surface area contributed by atoms with Crippen LogP contribution in [0.3, 0.4) is 0 Å². The van der Waals surface area contributed by atoms with Gasteiger partial charge in [0.25, 0.3) is 0 Å². The Morgan fingerprint density at radius 2 is 1.26 bits per heavy atom. The molecule has 0 saturated carbocycles. The summed E-state index contributed by atoms with van der Waals surface area (Å²) in [4.78, 5) is 10.6. The average Bonchev–Trinajstić information content (AvgIpc) is 3.74. The lowest BCUT2D eigenvalue weighted by atomic mass is 10.1. The summed E-state index contributed by atoms with van der Waals surface area (Å²) in [6.07, 6.45) is 0. The molecule has 0 amide bonds. The zero-order valence-corrected chi connectivity index (χ0v) is 27.8. The highest BCUT2D eigenvalue weighted by molar-refractivity contribution is 7.26. The quantitative estimate of drug-likeness (QED) is 0.181. The first-order chi connectivity index (χ1) is 23.1. The van der Waals surface area contributed by atoms with Gasteiger partial charge in [-0.2, -0.15) is 0 Å². The van der Waals surface area contributed by atoms with Crippen molar-refractivity contribution in [1.29, 1.82) is 0 Å². The van der Waals surface area contributed by atoms with Gasteiger partial charge in [-0.1, -0.05) is 122 Å². The van der Waals surface area contributed by atoms with Crippen LogP contribution in [-0.2, 0) is 0 Å². The van der Waals surface area contributed by atoms with Gasteiger partial charge >= 0.3 is 0 Å². The van der Waals surface area contributed by atoms with E-state index in [0.717, 1.165) is 34.0 Å². The lowest BCUT2D eigenvalue weighted by Gasteiger charge is -2.21. The fourth-order valence-corrected chi connectivity index (χ4v) is 12.3. The number of benzene rings is 6. The van der Waals surface area contributed by atoms with Crippen LogP contribution in [0.1, 0.15) is 0 Å². The molecule has 222 valence electrons. The lowest BCUT2D eigenvalue weighted by molar-refractivity contribution is 1.17. The number of hydrogen-bond donors (Lipinski definition) is 0. The molecule has 4 heterocycles. The van der Waals surface area contributed by atoms with E-state index < -0.39 is 8.07 Å². The van der Waals surface area contributed by atoms with Crippen molar-refractivity contribution < 1.29 is 0 Å². The molecule has 9 aromatic rings. The Bertz CT molecular complexity index is 2700. The molecule has 0 radical (unpaired) electrons. The molecular formula is C42H29N3SSi. The molecule has 0 N–H and O–H groups in total. The van der Waals surface area contributed by atoms with Gasteiger partial charge in [0.15, 0.2) is 5.82 Å². The molecule has 0 aliphatic carbocycles. The molecule has 0 spiro atoms. The smallest absolute Gasteiger partial charge is 0.160 e. The summed E-state index contributed by atoms with van der Waals surface area (Å²) >= 11 is 1.90. The molecule has 1 aliphatic rings. The van der Waals surface area contributed by atoms with Gasteiger partial charge in [0.05, 0.1) is 22.4 Å². The molecular weight excluding hydrogens is 607 g/mol. The third-order valence-electron chi connectivity index (χ3n) is 10.0. The van der Waals surface area contributed by atoms with E-state index in [9.17, 15) is 0 Å². The lowest BCUT2D eigenvalue weighted by Crippen LogP contribution is -2.50. The predicted octanol–water partition coefficient (Wildman–Crippen LogP) is 10.1. The Kier molecular flexibility index (Phi) is 5.60. The van der Waals surface area contributed by atoms with Crippen LogP contribution in [-0.4, -0.2) is 22.6 Å². The minimum absolute atomic E-state index is 0.777. The number of hydrogen-bond acceptors (Lipinski definition) is 3. The number of nitrogens with zero attached hydrogens (tertiary/aromatic N) is 3. The number of thiophene rings is 1. The van der Waals surface area contributed by atoms with Crippen LogP contribution in [0, 0.1) is 0 Å². The third-order valence-corrected chi connectivity index (χ3v) is 14.7. The minimum atomic E-state index is -2.04. The Hall–Kier alpha value is -5.36. The minimum Gasteiger partial charge on any atom is -0.309 e. The van der Waals surface area contributed by atoms with Gasteiger partial charge in [0, 0.05) is 47.8 Å². The van der Waals surface area contributed by atoms with E-state index in [4.69, 9.17) is 9.97 Å². The molecule has 0 unspecified atom stereocenters. The number of para-hydroxylation sites is 1. The Labute approximate surface area is 277 Å². The summed E-state index contributed by atoms with van der Waals surface area (Å²) in [5.74, 6) is 0.777. The Morgan fingerprint density at radius 3 is 2.11 bits per heavy atom. The molecule has 0 bridgehead atoms. The van der Waals surface area contributed by atoms with Crippen molar-refractivity contribution in [2.24, 2.45) is 0 Å². The van der Waals surface area contributed by atoms with Crippen LogP contribution >= 0.6 is 11.3 Å². The monoisotopic (exact) mass is 635 g/mol. The summed E-state index contributed by atoms with van der Waals surface area (Å²) in [6.45, 7) is 4.88. The molecule has 0 fully saturated rings. The Morgan fingerprint density at radius 1 is 0.553 bits per heavy atom. The van der Waals surface area contributed by atoms with Gasteiger partial charge in [0.2, 0.25) is 0 Å². The van der Waals surface area contributed by atoms with Crippen LogP contribution in [0.15, 0.2) is 140 Å². The fraction of sp³-hybridized carbons (Fsp3) is 0.0476. The zero-order valence-electron chi connectivity index (χ0n) is 26.0. The maximum Gasteiger partial charge on any atom is 0.160 e. The second kappa shape index (κ2) is 9.82. The topological polar surface area (TPSA) is 30.7 Å². The first-order valence-corrected chi connectivity index (χ1v) is 19.9. The second-order valence-electron chi connectivity index (χ2n) is 13.0. The standard InChI is InChI=1S/C42H29N3SSi/c1-47(2)36-19-11-8-16-32(36)39-41(47)38(43-42(44-39)27-12-4-3-5-13-27)26-20-22-28(23-21-26)45-33-17-9-6-15-31(33)37-34(45)25-24-30-29-14-7-10-18-35(29)46-40(30)37/h3-25H,1-2H3.